The van der Waals surface area contributed by atoms with Crippen LogP contribution >= 0.6 is 11.6 Å². The van der Waals surface area contributed by atoms with Crippen molar-refractivity contribution in [2.75, 3.05) is 13.2 Å². The highest BCUT2D eigenvalue weighted by atomic mass is 35.5. The van der Waals surface area contributed by atoms with Gasteiger partial charge in [0.15, 0.2) is 6.61 Å². The third-order valence-electron chi connectivity index (χ3n) is 6.72. The molecule has 184 valence electrons. The van der Waals surface area contributed by atoms with Crippen LogP contribution in [0.15, 0.2) is 72.9 Å². The lowest BCUT2D eigenvalue weighted by Crippen LogP contribution is -2.41. The van der Waals surface area contributed by atoms with Gasteiger partial charge in [-0.25, -0.2) is 4.79 Å². The van der Waals surface area contributed by atoms with Gasteiger partial charge in [0.05, 0.1) is 6.04 Å². The first-order valence-corrected chi connectivity index (χ1v) is 12.4. The number of benzene rings is 3. The molecule has 7 heteroatoms. The predicted molar refractivity (Wildman–Crippen MR) is 140 cm³/mol. The fourth-order valence-corrected chi connectivity index (χ4v) is 5.20. The highest BCUT2D eigenvalue weighted by Crippen LogP contribution is 2.40. The molecule has 4 aromatic rings. The highest BCUT2D eigenvalue weighted by Gasteiger charge is 2.33. The number of hydrogen-bond acceptors (Lipinski definition) is 3. The van der Waals surface area contributed by atoms with Gasteiger partial charge >= 0.3 is 5.97 Å². The molecule has 1 aliphatic heterocycles. The zero-order chi connectivity index (χ0) is 25.2. The van der Waals surface area contributed by atoms with E-state index in [4.69, 9.17) is 21.4 Å². The van der Waals surface area contributed by atoms with E-state index in [1.165, 1.54) is 5.56 Å². The van der Waals surface area contributed by atoms with Crippen LogP contribution in [-0.2, 0) is 22.6 Å². The molecular formula is C29H27ClN2O4. The normalized spacial score (nSPS) is 15.1. The van der Waals surface area contributed by atoms with Gasteiger partial charge in [-0.3, -0.25) is 4.79 Å². The molecule has 6 nitrogen and oxygen atoms in total. The maximum absolute atomic E-state index is 13.7. The summed E-state index contributed by atoms with van der Waals surface area (Å²) in [6, 6.07) is 21.1. The van der Waals surface area contributed by atoms with Crippen LogP contribution in [0.2, 0.25) is 5.02 Å². The van der Waals surface area contributed by atoms with Crippen LogP contribution in [0.25, 0.3) is 10.9 Å². The number of aromatic nitrogens is 1. The predicted octanol–water partition coefficient (Wildman–Crippen LogP) is 5.63. The summed E-state index contributed by atoms with van der Waals surface area (Å²) in [6.07, 6.45) is 3.10. The van der Waals surface area contributed by atoms with E-state index >= 15 is 0 Å². The van der Waals surface area contributed by atoms with Crippen molar-refractivity contribution in [3.05, 3.63) is 100 Å². The molecule has 1 atom stereocenters. The first kappa shape index (κ1) is 23.9. The monoisotopic (exact) mass is 502 g/mol. The van der Waals surface area contributed by atoms with E-state index < -0.39 is 18.6 Å². The minimum Gasteiger partial charge on any atom is -0.482 e. The van der Waals surface area contributed by atoms with Crippen LogP contribution in [0.5, 0.6) is 5.75 Å². The average Bonchev–Trinajstić information content (AvgIpc) is 3.27. The Bertz CT molecular complexity index is 1440. The number of rotatable bonds is 7. The van der Waals surface area contributed by atoms with E-state index in [0.29, 0.717) is 35.8 Å². The molecule has 0 fully saturated rings. The molecule has 0 spiro atoms. The molecule has 36 heavy (non-hydrogen) atoms. The van der Waals surface area contributed by atoms with Gasteiger partial charge in [0.2, 0.25) is 5.91 Å². The summed E-state index contributed by atoms with van der Waals surface area (Å²) < 4.78 is 7.75. The summed E-state index contributed by atoms with van der Waals surface area (Å²) in [4.78, 5) is 26.8. The van der Waals surface area contributed by atoms with Gasteiger partial charge in [0.25, 0.3) is 0 Å². The molecule has 0 saturated heterocycles. The van der Waals surface area contributed by atoms with Crippen molar-refractivity contribution in [1.82, 2.24) is 9.47 Å². The van der Waals surface area contributed by atoms with E-state index in [1.807, 2.05) is 29.3 Å². The van der Waals surface area contributed by atoms with Gasteiger partial charge < -0.3 is 19.3 Å². The summed E-state index contributed by atoms with van der Waals surface area (Å²) in [7, 11) is 0. The molecule has 5 rings (SSSR count). The molecular weight excluding hydrogens is 476 g/mol. The Morgan fingerprint density at radius 2 is 1.89 bits per heavy atom. The van der Waals surface area contributed by atoms with E-state index in [1.54, 1.807) is 18.2 Å². The molecule has 2 heterocycles. The van der Waals surface area contributed by atoms with Crippen LogP contribution < -0.4 is 4.74 Å². The molecule has 1 aliphatic rings. The van der Waals surface area contributed by atoms with Crippen molar-refractivity contribution in [3.8, 4) is 5.75 Å². The fourth-order valence-electron chi connectivity index (χ4n) is 5.02. The quantitative estimate of drug-likeness (QED) is 0.355. The zero-order valence-corrected chi connectivity index (χ0v) is 20.7. The summed E-state index contributed by atoms with van der Waals surface area (Å²) in [5, 5.41) is 10.8. The largest absolute Gasteiger partial charge is 0.482 e. The van der Waals surface area contributed by atoms with Gasteiger partial charge in [-0.15, -0.1) is 0 Å². The van der Waals surface area contributed by atoms with Crippen molar-refractivity contribution in [2.24, 2.45) is 0 Å². The average molecular weight is 503 g/mol. The maximum atomic E-state index is 13.7. The molecule has 3 aromatic carbocycles. The number of carbonyl (C=O) groups is 2. The SMILES string of the molecule is Cc1ccc2ccn(CCC(=O)N3CCc4ccccc4C3c3cc(Cl)ccc3OCC(=O)O)c2c1. The summed E-state index contributed by atoms with van der Waals surface area (Å²) in [5.74, 6) is -0.636. The zero-order valence-electron chi connectivity index (χ0n) is 20.0. The van der Waals surface area contributed by atoms with Gasteiger partial charge in [-0.2, -0.15) is 0 Å². The number of carbonyl (C=O) groups excluding carboxylic acids is 1. The van der Waals surface area contributed by atoms with Gasteiger partial charge in [0, 0.05) is 41.8 Å². The first-order chi connectivity index (χ1) is 17.4. The Morgan fingerprint density at radius 1 is 1.06 bits per heavy atom. The Morgan fingerprint density at radius 3 is 2.72 bits per heavy atom. The molecule has 0 saturated carbocycles. The number of carboxylic acids is 1. The second-order valence-corrected chi connectivity index (χ2v) is 9.56. The van der Waals surface area contributed by atoms with Crippen LogP contribution in [0.3, 0.4) is 0 Å². The molecule has 0 aliphatic carbocycles. The van der Waals surface area contributed by atoms with Crippen LogP contribution in [0.4, 0.5) is 0 Å². The Kier molecular flexibility index (Phi) is 6.70. The van der Waals surface area contributed by atoms with Gasteiger partial charge in [0.1, 0.15) is 5.75 Å². The first-order valence-electron chi connectivity index (χ1n) is 12.0. The third-order valence-corrected chi connectivity index (χ3v) is 6.95. The smallest absolute Gasteiger partial charge is 0.341 e. The van der Waals surface area contributed by atoms with Crippen LogP contribution in [-0.4, -0.2) is 39.6 Å². The topological polar surface area (TPSA) is 71.8 Å². The number of hydrogen-bond donors (Lipinski definition) is 1. The second-order valence-electron chi connectivity index (χ2n) is 9.12. The van der Waals surface area contributed by atoms with Crippen molar-refractivity contribution in [1.29, 1.82) is 0 Å². The van der Waals surface area contributed by atoms with Crippen molar-refractivity contribution in [2.45, 2.75) is 32.4 Å². The van der Waals surface area contributed by atoms with Crippen LogP contribution in [0, 0.1) is 6.92 Å². The number of amides is 1. The Hall–Kier alpha value is -3.77. The minimum absolute atomic E-state index is 0.0215. The van der Waals surface area contributed by atoms with Crippen molar-refractivity contribution >= 4 is 34.4 Å². The Labute approximate surface area is 214 Å². The standard InChI is InChI=1S/C29H27ClN2O4/c1-19-6-7-21-10-13-31(25(21)16-19)14-12-27(33)32-15-11-20-4-2-3-5-23(20)29(32)24-17-22(30)8-9-26(24)36-18-28(34)35/h2-10,13,16-17,29H,11-12,14-15,18H2,1H3,(H,34,35). The number of aliphatic carboxylic acids is 1. The molecule has 1 unspecified atom stereocenters. The van der Waals surface area contributed by atoms with E-state index in [9.17, 15) is 9.59 Å². The van der Waals surface area contributed by atoms with E-state index in [0.717, 1.165) is 28.5 Å². The maximum Gasteiger partial charge on any atom is 0.341 e. The minimum atomic E-state index is -1.07. The number of nitrogens with zero attached hydrogens (tertiary/aromatic N) is 2. The number of carboxylic acid groups (broad SMARTS) is 1. The number of ether oxygens (including phenoxy) is 1. The lowest BCUT2D eigenvalue weighted by atomic mass is 9.87. The number of halogens is 1. The third kappa shape index (κ3) is 4.82. The van der Waals surface area contributed by atoms with Crippen molar-refractivity contribution in [3.63, 3.8) is 0 Å². The molecule has 0 radical (unpaired) electrons. The number of fused-ring (bicyclic) bond motifs is 2. The van der Waals surface area contributed by atoms with Gasteiger partial charge in [-0.1, -0.05) is 48.0 Å². The highest BCUT2D eigenvalue weighted by molar-refractivity contribution is 6.30. The van der Waals surface area contributed by atoms with Gasteiger partial charge in [-0.05, 0) is 65.8 Å². The lowest BCUT2D eigenvalue weighted by molar-refractivity contribution is -0.139. The molecule has 0 bridgehead atoms. The fraction of sp³-hybridized carbons (Fsp3) is 0.241. The summed E-state index contributed by atoms with van der Waals surface area (Å²) in [5.41, 5.74) is 5.13. The second kappa shape index (κ2) is 10.1. The van der Waals surface area contributed by atoms with E-state index in [-0.39, 0.29) is 5.91 Å². The Balaban J connectivity index is 1.47. The number of aryl methyl sites for hydroxylation is 2. The van der Waals surface area contributed by atoms with E-state index in [2.05, 4.69) is 41.8 Å². The molecule has 1 amide bonds. The lowest BCUT2D eigenvalue weighted by Gasteiger charge is -2.38. The summed E-state index contributed by atoms with van der Waals surface area (Å²) in [6.45, 7) is 2.70. The molecule has 1 aromatic heterocycles. The van der Waals surface area contributed by atoms with Crippen LogP contribution in [0.1, 0.15) is 34.7 Å². The summed E-state index contributed by atoms with van der Waals surface area (Å²) >= 11 is 6.37. The molecule has 1 N–H and O–H groups in total. The van der Waals surface area contributed by atoms with Crippen molar-refractivity contribution < 1.29 is 19.4 Å².